The first kappa shape index (κ1) is 19.1. The molecule has 0 unspecified atom stereocenters. The van der Waals surface area contributed by atoms with Crippen molar-refractivity contribution < 1.29 is 29.3 Å². The molecule has 172 valence electrons. The molecule has 0 radical (unpaired) electrons. The molecule has 0 saturated carbocycles. The molecule has 3 aliphatic rings. The fourth-order valence-corrected chi connectivity index (χ4v) is 6.65. The molecule has 0 aliphatic carbocycles. The van der Waals surface area contributed by atoms with Gasteiger partial charge in [-0.3, -0.25) is 14.9 Å². The van der Waals surface area contributed by atoms with Crippen LogP contribution in [0.3, 0.4) is 0 Å². The van der Waals surface area contributed by atoms with Crippen LogP contribution in [0.4, 0.5) is 0 Å². The molecule has 5 aromatic rings. The number of aliphatic hydroxyl groups is 1. The van der Waals surface area contributed by atoms with E-state index in [4.69, 9.17) is 4.74 Å². The summed E-state index contributed by atoms with van der Waals surface area (Å²) in [6, 6.07) is 14.7. The monoisotopic (exact) mass is 467 g/mol. The molecule has 9 nitrogen and oxygen atoms in total. The molecule has 9 heteroatoms. The summed E-state index contributed by atoms with van der Waals surface area (Å²) in [6.07, 6.45) is -1.01. The van der Waals surface area contributed by atoms with E-state index in [0.29, 0.717) is 38.3 Å². The zero-order valence-electron chi connectivity index (χ0n) is 18.3. The Balaban J connectivity index is 1.78. The number of hydrogen-bond donors (Lipinski definition) is 3. The largest absolute Gasteiger partial charge is 0.479 e. The van der Waals surface area contributed by atoms with Crippen molar-refractivity contribution in [1.29, 1.82) is 0 Å². The van der Waals surface area contributed by atoms with Crippen LogP contribution in [0.2, 0.25) is 0 Å². The van der Waals surface area contributed by atoms with Crippen molar-refractivity contribution in [2.45, 2.75) is 30.9 Å². The number of carboxylic acid groups (broad SMARTS) is 1. The van der Waals surface area contributed by atoms with Gasteiger partial charge in [0.1, 0.15) is 6.23 Å². The Morgan fingerprint density at radius 3 is 2.20 bits per heavy atom. The summed E-state index contributed by atoms with van der Waals surface area (Å²) < 4.78 is 10.1. The quantitative estimate of drug-likeness (QED) is 0.326. The maximum Gasteiger partial charge on any atom is 0.341 e. The first-order chi connectivity index (χ1) is 16.8. The average molecular weight is 467 g/mol. The third-order valence-corrected chi connectivity index (χ3v) is 8.11. The number of aliphatic carboxylic acids is 1. The van der Waals surface area contributed by atoms with Crippen LogP contribution in [0.5, 0.6) is 0 Å². The summed E-state index contributed by atoms with van der Waals surface area (Å²) in [5.41, 5.74) is -0.796. The lowest BCUT2D eigenvalue weighted by Gasteiger charge is -2.36. The van der Waals surface area contributed by atoms with E-state index < -0.39 is 35.3 Å². The fourth-order valence-electron chi connectivity index (χ4n) is 6.65. The molecular formula is C26H17N3O6. The van der Waals surface area contributed by atoms with Crippen LogP contribution in [-0.2, 0) is 15.3 Å². The van der Waals surface area contributed by atoms with Gasteiger partial charge >= 0.3 is 5.97 Å². The number of fused-ring (bicyclic) bond motifs is 13. The number of para-hydroxylation sites is 2. The van der Waals surface area contributed by atoms with Gasteiger partial charge in [0.2, 0.25) is 5.60 Å². The molecule has 35 heavy (non-hydrogen) atoms. The molecule has 1 saturated heterocycles. The second-order valence-electron chi connectivity index (χ2n) is 9.65. The summed E-state index contributed by atoms with van der Waals surface area (Å²) in [7, 11) is 0. The van der Waals surface area contributed by atoms with E-state index >= 15 is 0 Å². The van der Waals surface area contributed by atoms with Gasteiger partial charge in [-0.1, -0.05) is 36.4 Å². The molecule has 0 spiro atoms. The van der Waals surface area contributed by atoms with Gasteiger partial charge in [-0.15, -0.1) is 0 Å². The molecule has 1 fully saturated rings. The van der Waals surface area contributed by atoms with Gasteiger partial charge in [0.25, 0.3) is 11.8 Å². The lowest BCUT2D eigenvalue weighted by molar-refractivity contribution is -0.200. The highest BCUT2D eigenvalue weighted by Gasteiger charge is 2.65. The summed E-state index contributed by atoms with van der Waals surface area (Å²) in [4.78, 5) is 38.9. The number of hydrogen-bond acceptors (Lipinski definition) is 5. The van der Waals surface area contributed by atoms with E-state index in [1.807, 2.05) is 53.1 Å². The Bertz CT molecular complexity index is 1900. The van der Waals surface area contributed by atoms with Crippen molar-refractivity contribution in [3.05, 3.63) is 59.7 Å². The van der Waals surface area contributed by atoms with E-state index in [1.165, 1.54) is 0 Å². The first-order valence-corrected chi connectivity index (χ1v) is 11.3. The predicted molar refractivity (Wildman–Crippen MR) is 125 cm³/mol. The molecule has 3 N–H and O–H groups in total. The lowest BCUT2D eigenvalue weighted by atomic mass is 9.89. The van der Waals surface area contributed by atoms with Gasteiger partial charge < -0.3 is 24.1 Å². The third kappa shape index (κ3) is 1.81. The Labute approximate surface area is 196 Å². The number of nitrogens with zero attached hydrogens (tertiary/aromatic N) is 2. The molecule has 8 rings (SSSR count). The number of carboxylic acids is 1. The zero-order chi connectivity index (χ0) is 24.0. The van der Waals surface area contributed by atoms with Crippen LogP contribution in [0.1, 0.15) is 40.3 Å². The van der Waals surface area contributed by atoms with Crippen molar-refractivity contribution in [1.82, 2.24) is 14.5 Å². The fraction of sp³-hybridized carbons (Fsp3) is 0.192. The number of benzene rings is 3. The van der Waals surface area contributed by atoms with Crippen LogP contribution in [-0.4, -0.2) is 42.7 Å². The molecule has 3 atom stereocenters. The lowest BCUT2D eigenvalue weighted by Crippen LogP contribution is -2.55. The van der Waals surface area contributed by atoms with Crippen LogP contribution in [0.15, 0.2) is 48.5 Å². The summed E-state index contributed by atoms with van der Waals surface area (Å²) >= 11 is 0. The summed E-state index contributed by atoms with van der Waals surface area (Å²) in [5.74, 6) is -2.35. The standard InChI is InChI=1S/C26H17N3O6/c1-25-26(34,24(32)33)10-15(35-25)28-13-8-4-2-6-11(13)16-18-19(23(31)27-22(18)30)17-12-7-3-5-9-14(12)29(25)21(17)20(16)28/h2-9,15,34H,10H2,1H3,(H,32,33)(H,27,30,31)/t15-,25+,26+/m1/s1. The minimum atomic E-state index is -2.25. The van der Waals surface area contributed by atoms with E-state index in [0.717, 1.165) is 10.9 Å². The molecule has 2 aromatic heterocycles. The zero-order valence-corrected chi connectivity index (χ0v) is 18.3. The van der Waals surface area contributed by atoms with Crippen LogP contribution < -0.4 is 5.32 Å². The van der Waals surface area contributed by atoms with Gasteiger partial charge in [0.15, 0.2) is 5.72 Å². The van der Waals surface area contributed by atoms with E-state index in [1.54, 1.807) is 11.5 Å². The number of aromatic nitrogens is 2. The van der Waals surface area contributed by atoms with Crippen LogP contribution in [0.25, 0.3) is 43.6 Å². The maximum atomic E-state index is 13.2. The SMILES string of the molecule is C[C@]12O[C@H](C[C@]1(O)C(=O)O)n1c3ccccc3c3c4c(c5c6ccccc6n2c5c31)C(=O)NC4=O. The molecular weight excluding hydrogens is 450 g/mol. The minimum Gasteiger partial charge on any atom is -0.479 e. The second kappa shape index (κ2) is 5.54. The number of nitrogens with one attached hydrogen (secondary N) is 1. The number of carbonyl (C=O) groups is 3. The number of rotatable bonds is 1. The Morgan fingerprint density at radius 1 is 0.971 bits per heavy atom. The molecule has 2 amide bonds. The van der Waals surface area contributed by atoms with Gasteiger partial charge in [-0.05, 0) is 19.1 Å². The van der Waals surface area contributed by atoms with E-state index in [9.17, 15) is 24.6 Å². The number of carbonyl (C=O) groups excluding carboxylic acids is 2. The molecule has 2 bridgehead atoms. The van der Waals surface area contributed by atoms with Gasteiger partial charge in [-0.25, -0.2) is 4.79 Å². The number of ether oxygens (including phenoxy) is 1. The Kier molecular flexibility index (Phi) is 3.03. The summed E-state index contributed by atoms with van der Waals surface area (Å²) in [5, 5.41) is 26.9. The highest BCUT2D eigenvalue weighted by Crippen LogP contribution is 2.57. The highest BCUT2D eigenvalue weighted by molar-refractivity contribution is 6.39. The van der Waals surface area contributed by atoms with Crippen LogP contribution in [0, 0.1) is 0 Å². The van der Waals surface area contributed by atoms with Crippen molar-refractivity contribution in [3.8, 4) is 0 Å². The van der Waals surface area contributed by atoms with Crippen molar-refractivity contribution in [3.63, 3.8) is 0 Å². The normalized spacial score (nSPS) is 26.9. The summed E-state index contributed by atoms with van der Waals surface area (Å²) in [6.45, 7) is 1.58. The van der Waals surface area contributed by atoms with E-state index in [-0.39, 0.29) is 12.0 Å². The smallest absolute Gasteiger partial charge is 0.341 e. The van der Waals surface area contributed by atoms with Gasteiger partial charge in [0.05, 0.1) is 33.2 Å². The third-order valence-electron chi connectivity index (χ3n) is 8.11. The molecule has 3 aliphatic heterocycles. The van der Waals surface area contributed by atoms with Gasteiger partial charge in [0, 0.05) is 28.0 Å². The van der Waals surface area contributed by atoms with Crippen LogP contribution >= 0.6 is 0 Å². The average Bonchev–Trinajstić information content (AvgIpc) is 3.49. The maximum absolute atomic E-state index is 13.2. The predicted octanol–water partition coefficient (Wildman–Crippen LogP) is 3.21. The topological polar surface area (TPSA) is 123 Å². The van der Waals surface area contributed by atoms with Crippen molar-refractivity contribution >= 4 is 61.4 Å². The molecule has 3 aromatic carbocycles. The first-order valence-electron chi connectivity index (χ1n) is 11.3. The van der Waals surface area contributed by atoms with E-state index in [2.05, 4.69) is 5.32 Å². The Hall–Kier alpha value is -4.21. The van der Waals surface area contributed by atoms with Crippen molar-refractivity contribution in [2.24, 2.45) is 0 Å². The highest BCUT2D eigenvalue weighted by atomic mass is 16.6. The molecule has 5 heterocycles. The number of amides is 2. The minimum absolute atomic E-state index is 0.192. The Morgan fingerprint density at radius 2 is 1.54 bits per heavy atom. The number of imide groups is 1. The van der Waals surface area contributed by atoms with Gasteiger partial charge in [-0.2, -0.15) is 0 Å². The van der Waals surface area contributed by atoms with Crippen molar-refractivity contribution in [2.75, 3.05) is 0 Å². The second-order valence-corrected chi connectivity index (χ2v) is 9.65.